The first-order valence-electron chi connectivity index (χ1n) is 6.37. The normalized spacial score (nSPS) is 11.8. The van der Waals surface area contributed by atoms with Crippen molar-refractivity contribution in [2.75, 3.05) is 12.3 Å². The van der Waals surface area contributed by atoms with Crippen molar-refractivity contribution in [3.05, 3.63) is 53.4 Å². The molecular formula is C15H15NO3S2. The van der Waals surface area contributed by atoms with Crippen molar-refractivity contribution < 1.29 is 14.7 Å². The Balaban J connectivity index is 1.84. The van der Waals surface area contributed by atoms with Crippen LogP contribution in [0.5, 0.6) is 0 Å². The summed E-state index contributed by atoms with van der Waals surface area (Å²) >= 11 is 3.03. The number of aliphatic carboxylic acids is 1. The fourth-order valence-electron chi connectivity index (χ4n) is 1.78. The van der Waals surface area contributed by atoms with Gasteiger partial charge in [0.05, 0.1) is 15.9 Å². The van der Waals surface area contributed by atoms with E-state index in [1.165, 1.54) is 11.8 Å². The minimum Gasteiger partial charge on any atom is -0.481 e. The molecule has 1 heterocycles. The van der Waals surface area contributed by atoms with Crippen LogP contribution in [0.2, 0.25) is 0 Å². The second-order valence-corrected chi connectivity index (χ2v) is 6.55. The molecule has 0 radical (unpaired) electrons. The minimum atomic E-state index is -0.938. The van der Waals surface area contributed by atoms with Crippen molar-refractivity contribution in [2.24, 2.45) is 0 Å². The SMILES string of the molecule is O=C(CSc1cccs1)NCC(C(=O)O)c1ccccc1. The molecular weight excluding hydrogens is 306 g/mol. The summed E-state index contributed by atoms with van der Waals surface area (Å²) in [6.07, 6.45) is 0. The van der Waals surface area contributed by atoms with Crippen LogP contribution < -0.4 is 5.32 Å². The van der Waals surface area contributed by atoms with Gasteiger partial charge in [-0.25, -0.2) is 0 Å². The third-order valence-electron chi connectivity index (χ3n) is 2.84. The third-order valence-corrected chi connectivity index (χ3v) is 4.97. The number of nitrogens with one attached hydrogen (secondary N) is 1. The molecule has 0 saturated heterocycles. The Morgan fingerprint density at radius 2 is 1.95 bits per heavy atom. The number of carboxylic acid groups (broad SMARTS) is 1. The van der Waals surface area contributed by atoms with E-state index < -0.39 is 11.9 Å². The van der Waals surface area contributed by atoms with E-state index in [1.54, 1.807) is 35.6 Å². The van der Waals surface area contributed by atoms with Crippen LogP contribution in [0.3, 0.4) is 0 Å². The maximum atomic E-state index is 11.8. The first kappa shape index (κ1) is 15.6. The summed E-state index contributed by atoms with van der Waals surface area (Å²) in [5.74, 6) is -1.52. The van der Waals surface area contributed by atoms with E-state index in [4.69, 9.17) is 0 Å². The van der Waals surface area contributed by atoms with Gasteiger partial charge < -0.3 is 10.4 Å². The van der Waals surface area contributed by atoms with Gasteiger partial charge in [0.15, 0.2) is 0 Å². The summed E-state index contributed by atoms with van der Waals surface area (Å²) in [5, 5.41) is 13.9. The molecule has 2 aromatic rings. The highest BCUT2D eigenvalue weighted by molar-refractivity contribution is 8.01. The molecule has 2 rings (SSSR count). The number of hydrogen-bond acceptors (Lipinski definition) is 4. The van der Waals surface area contributed by atoms with E-state index >= 15 is 0 Å². The van der Waals surface area contributed by atoms with Gasteiger partial charge in [0, 0.05) is 6.54 Å². The Hall–Kier alpha value is -1.79. The van der Waals surface area contributed by atoms with E-state index in [9.17, 15) is 14.7 Å². The number of thiophene rings is 1. The first-order valence-corrected chi connectivity index (χ1v) is 8.24. The summed E-state index contributed by atoms with van der Waals surface area (Å²) in [6, 6.07) is 12.8. The Morgan fingerprint density at radius 1 is 1.19 bits per heavy atom. The van der Waals surface area contributed by atoms with Gasteiger partial charge in [0.25, 0.3) is 0 Å². The van der Waals surface area contributed by atoms with Crippen molar-refractivity contribution in [3.8, 4) is 0 Å². The molecule has 1 unspecified atom stereocenters. The van der Waals surface area contributed by atoms with Crippen molar-refractivity contribution in [3.63, 3.8) is 0 Å². The highest BCUT2D eigenvalue weighted by atomic mass is 32.2. The lowest BCUT2D eigenvalue weighted by Gasteiger charge is -2.13. The van der Waals surface area contributed by atoms with Gasteiger partial charge in [0.1, 0.15) is 0 Å². The average Bonchev–Trinajstić information content (AvgIpc) is 2.99. The summed E-state index contributed by atoms with van der Waals surface area (Å²) in [4.78, 5) is 23.1. The number of carbonyl (C=O) groups is 2. The van der Waals surface area contributed by atoms with Crippen LogP contribution in [0.15, 0.2) is 52.1 Å². The Kier molecular flexibility index (Phi) is 5.83. The number of hydrogen-bond donors (Lipinski definition) is 2. The van der Waals surface area contributed by atoms with Crippen LogP contribution in [-0.4, -0.2) is 29.3 Å². The summed E-state index contributed by atoms with van der Waals surface area (Å²) in [7, 11) is 0. The van der Waals surface area contributed by atoms with Gasteiger partial charge in [-0.3, -0.25) is 9.59 Å². The highest BCUT2D eigenvalue weighted by Crippen LogP contribution is 2.23. The Labute approximate surface area is 131 Å². The minimum absolute atomic E-state index is 0.100. The molecule has 1 aromatic heterocycles. The number of benzene rings is 1. The van der Waals surface area contributed by atoms with Crippen molar-refractivity contribution in [1.82, 2.24) is 5.32 Å². The largest absolute Gasteiger partial charge is 0.481 e. The molecule has 0 aliphatic rings. The lowest BCUT2D eigenvalue weighted by atomic mass is 9.99. The highest BCUT2D eigenvalue weighted by Gasteiger charge is 2.20. The zero-order chi connectivity index (χ0) is 15.1. The lowest BCUT2D eigenvalue weighted by Crippen LogP contribution is -2.32. The molecule has 0 spiro atoms. The summed E-state index contributed by atoms with van der Waals surface area (Å²) < 4.78 is 1.07. The van der Waals surface area contributed by atoms with Crippen LogP contribution in [0, 0.1) is 0 Å². The zero-order valence-corrected chi connectivity index (χ0v) is 12.8. The Morgan fingerprint density at radius 3 is 2.57 bits per heavy atom. The molecule has 0 aliphatic carbocycles. The van der Waals surface area contributed by atoms with Crippen LogP contribution in [0.1, 0.15) is 11.5 Å². The predicted molar refractivity (Wildman–Crippen MR) is 84.9 cm³/mol. The van der Waals surface area contributed by atoms with Gasteiger partial charge in [-0.15, -0.1) is 23.1 Å². The first-order chi connectivity index (χ1) is 10.2. The number of carbonyl (C=O) groups excluding carboxylic acids is 1. The topological polar surface area (TPSA) is 66.4 Å². The fraction of sp³-hybridized carbons (Fsp3) is 0.200. The average molecular weight is 321 g/mol. The summed E-state index contributed by atoms with van der Waals surface area (Å²) in [6.45, 7) is 0.100. The van der Waals surface area contributed by atoms with E-state index in [0.717, 1.165) is 4.21 Å². The number of rotatable bonds is 7. The van der Waals surface area contributed by atoms with Crippen molar-refractivity contribution in [1.29, 1.82) is 0 Å². The van der Waals surface area contributed by atoms with Gasteiger partial charge >= 0.3 is 5.97 Å². The van der Waals surface area contributed by atoms with E-state index in [0.29, 0.717) is 11.3 Å². The molecule has 6 heteroatoms. The number of amides is 1. The quantitative estimate of drug-likeness (QED) is 0.770. The maximum Gasteiger partial charge on any atom is 0.312 e. The molecule has 110 valence electrons. The number of carboxylic acids is 1. The lowest BCUT2D eigenvalue weighted by molar-refractivity contribution is -0.138. The standard InChI is InChI=1S/C15H15NO3S2/c17-13(10-21-14-7-4-8-20-14)16-9-12(15(18)19)11-5-2-1-3-6-11/h1-8,12H,9-10H2,(H,16,17)(H,18,19). The van der Waals surface area contributed by atoms with Gasteiger partial charge in [-0.2, -0.15) is 0 Å². The van der Waals surface area contributed by atoms with Gasteiger partial charge in [0.2, 0.25) is 5.91 Å². The van der Waals surface area contributed by atoms with Gasteiger partial charge in [-0.05, 0) is 17.0 Å². The van der Waals surface area contributed by atoms with Crippen LogP contribution in [0.25, 0.3) is 0 Å². The Bertz CT molecular complexity index is 584. The molecule has 1 amide bonds. The van der Waals surface area contributed by atoms with Gasteiger partial charge in [-0.1, -0.05) is 36.4 Å². The fourth-order valence-corrected chi connectivity index (χ4v) is 3.40. The smallest absolute Gasteiger partial charge is 0.312 e. The predicted octanol–water partition coefficient (Wildman–Crippen LogP) is 2.82. The monoisotopic (exact) mass is 321 g/mol. The molecule has 4 nitrogen and oxygen atoms in total. The van der Waals surface area contributed by atoms with Crippen LogP contribution >= 0.6 is 23.1 Å². The van der Waals surface area contributed by atoms with Crippen LogP contribution in [0.4, 0.5) is 0 Å². The van der Waals surface area contributed by atoms with E-state index in [2.05, 4.69) is 5.32 Å². The maximum absolute atomic E-state index is 11.8. The molecule has 0 bridgehead atoms. The second-order valence-electron chi connectivity index (χ2n) is 4.33. The van der Waals surface area contributed by atoms with E-state index in [1.807, 2.05) is 23.6 Å². The van der Waals surface area contributed by atoms with Crippen molar-refractivity contribution in [2.45, 2.75) is 10.1 Å². The zero-order valence-electron chi connectivity index (χ0n) is 11.2. The second kappa shape index (κ2) is 7.85. The van der Waals surface area contributed by atoms with Crippen LogP contribution in [-0.2, 0) is 9.59 Å². The molecule has 1 aromatic carbocycles. The molecule has 1 atom stereocenters. The molecule has 0 saturated carbocycles. The summed E-state index contributed by atoms with van der Waals surface area (Å²) in [5.41, 5.74) is 0.691. The molecule has 0 aliphatic heterocycles. The number of thioether (sulfide) groups is 1. The molecule has 2 N–H and O–H groups in total. The molecule has 21 heavy (non-hydrogen) atoms. The van der Waals surface area contributed by atoms with Crippen molar-refractivity contribution >= 4 is 35.0 Å². The van der Waals surface area contributed by atoms with E-state index in [-0.39, 0.29) is 12.5 Å². The third kappa shape index (κ3) is 4.91. The molecule has 0 fully saturated rings.